The molecule has 2 saturated heterocycles. The van der Waals surface area contributed by atoms with Crippen molar-refractivity contribution in [3.63, 3.8) is 0 Å². The third kappa shape index (κ3) is 1.91. The number of hydrogen-bond acceptors (Lipinski definition) is 7. The highest BCUT2D eigenvalue weighted by atomic mass is 16.5. The zero-order valence-electron chi connectivity index (χ0n) is 12.1. The van der Waals surface area contributed by atoms with E-state index in [0.717, 1.165) is 0 Å². The van der Waals surface area contributed by atoms with Gasteiger partial charge in [-0.05, 0) is 6.07 Å². The van der Waals surface area contributed by atoms with Crippen LogP contribution in [0.1, 0.15) is 22.1 Å². The molecule has 2 aliphatic heterocycles. The van der Waals surface area contributed by atoms with E-state index >= 15 is 0 Å². The van der Waals surface area contributed by atoms with E-state index in [2.05, 4.69) is 20.4 Å². The molecule has 2 fully saturated rings. The first-order valence-corrected chi connectivity index (χ1v) is 7.13. The molecule has 114 valence electrons. The third-order valence-electron chi connectivity index (χ3n) is 4.44. The molecule has 0 aromatic carbocycles. The van der Waals surface area contributed by atoms with Crippen molar-refractivity contribution in [2.75, 3.05) is 26.3 Å². The fourth-order valence-electron chi connectivity index (χ4n) is 3.29. The van der Waals surface area contributed by atoms with Crippen molar-refractivity contribution >= 4 is 5.91 Å². The van der Waals surface area contributed by atoms with Gasteiger partial charge in [-0.25, -0.2) is 0 Å². The lowest BCUT2D eigenvalue weighted by Crippen LogP contribution is -2.37. The Bertz CT molecular complexity index is 704. The smallest absolute Gasteiger partial charge is 0.255 e. The molecule has 2 atom stereocenters. The Labute approximate surface area is 126 Å². The number of likely N-dealkylation sites (tertiary alicyclic amines) is 1. The zero-order valence-corrected chi connectivity index (χ0v) is 12.1. The minimum atomic E-state index is -0.391. The maximum Gasteiger partial charge on any atom is 0.255 e. The standard InChI is InChI=1S/C14H15N5O3/c1-9-17-18-13(22-9)14-7-19(5-11(14)6-21-8-14)12(20)10-2-3-15-16-4-10/h2-4,11H,5-8H2,1H3/t11-,14-/m1/s1. The lowest BCUT2D eigenvalue weighted by molar-refractivity contribution is 0.0737. The van der Waals surface area contributed by atoms with E-state index in [0.29, 0.717) is 43.6 Å². The summed E-state index contributed by atoms with van der Waals surface area (Å²) in [6.45, 7) is 3.99. The van der Waals surface area contributed by atoms with E-state index < -0.39 is 5.41 Å². The Balaban J connectivity index is 1.64. The van der Waals surface area contributed by atoms with Gasteiger partial charge in [0.25, 0.3) is 5.91 Å². The molecular formula is C14H15N5O3. The van der Waals surface area contributed by atoms with E-state index in [9.17, 15) is 4.79 Å². The van der Waals surface area contributed by atoms with Crippen molar-refractivity contribution in [3.05, 3.63) is 35.8 Å². The number of ether oxygens (including phenoxy) is 1. The first kappa shape index (κ1) is 13.3. The number of rotatable bonds is 2. The first-order chi connectivity index (χ1) is 10.7. The van der Waals surface area contributed by atoms with Gasteiger partial charge in [0.05, 0.1) is 36.6 Å². The van der Waals surface area contributed by atoms with Crippen LogP contribution in [0.5, 0.6) is 0 Å². The number of aromatic nitrogens is 4. The highest BCUT2D eigenvalue weighted by Crippen LogP contribution is 2.43. The second kappa shape index (κ2) is 4.84. The van der Waals surface area contributed by atoms with Crippen LogP contribution in [0.3, 0.4) is 0 Å². The molecule has 0 bridgehead atoms. The third-order valence-corrected chi connectivity index (χ3v) is 4.44. The molecule has 0 saturated carbocycles. The predicted octanol–water partition coefficient (Wildman–Crippen LogP) is 0.208. The maximum atomic E-state index is 12.6. The fourth-order valence-corrected chi connectivity index (χ4v) is 3.29. The second-order valence-electron chi connectivity index (χ2n) is 5.81. The summed E-state index contributed by atoms with van der Waals surface area (Å²) in [5, 5.41) is 15.6. The predicted molar refractivity (Wildman–Crippen MR) is 73.0 cm³/mol. The van der Waals surface area contributed by atoms with Crippen LogP contribution in [0.2, 0.25) is 0 Å². The molecule has 0 N–H and O–H groups in total. The van der Waals surface area contributed by atoms with Crippen LogP contribution in [-0.2, 0) is 10.2 Å². The van der Waals surface area contributed by atoms with Crippen LogP contribution in [0.25, 0.3) is 0 Å². The van der Waals surface area contributed by atoms with Gasteiger partial charge < -0.3 is 14.1 Å². The average molecular weight is 301 g/mol. The summed E-state index contributed by atoms with van der Waals surface area (Å²) < 4.78 is 11.3. The van der Waals surface area contributed by atoms with Gasteiger partial charge in [0.15, 0.2) is 0 Å². The molecule has 4 heterocycles. The zero-order chi connectivity index (χ0) is 15.2. The highest BCUT2D eigenvalue weighted by Gasteiger charge is 2.56. The van der Waals surface area contributed by atoms with Gasteiger partial charge in [0.2, 0.25) is 11.8 Å². The molecule has 1 amide bonds. The van der Waals surface area contributed by atoms with Crippen molar-refractivity contribution in [3.8, 4) is 0 Å². The summed E-state index contributed by atoms with van der Waals surface area (Å²) in [5.74, 6) is 1.21. The monoisotopic (exact) mass is 301 g/mol. The molecule has 0 radical (unpaired) electrons. The Morgan fingerprint density at radius 2 is 2.32 bits per heavy atom. The first-order valence-electron chi connectivity index (χ1n) is 7.13. The summed E-state index contributed by atoms with van der Waals surface area (Å²) >= 11 is 0. The van der Waals surface area contributed by atoms with Gasteiger partial charge in [-0.15, -0.1) is 10.2 Å². The topological polar surface area (TPSA) is 94.2 Å². The SMILES string of the molecule is Cc1nnc([C@]23COC[C@H]2CN(C(=O)c2ccnnc2)C3)o1. The Morgan fingerprint density at radius 1 is 1.41 bits per heavy atom. The summed E-state index contributed by atoms with van der Waals surface area (Å²) in [5.41, 5.74) is 0.143. The van der Waals surface area contributed by atoms with E-state index in [4.69, 9.17) is 9.15 Å². The Morgan fingerprint density at radius 3 is 3.05 bits per heavy atom. The number of aryl methyl sites for hydroxylation is 1. The molecule has 4 rings (SSSR count). The number of carbonyl (C=O) groups excluding carboxylic acids is 1. The summed E-state index contributed by atoms with van der Waals surface area (Å²) in [6.07, 6.45) is 3.00. The van der Waals surface area contributed by atoms with Gasteiger partial charge >= 0.3 is 0 Å². The summed E-state index contributed by atoms with van der Waals surface area (Å²) in [7, 11) is 0. The second-order valence-corrected chi connectivity index (χ2v) is 5.81. The molecule has 2 aromatic rings. The van der Waals surface area contributed by atoms with Crippen LogP contribution in [0.15, 0.2) is 22.9 Å². The molecule has 8 nitrogen and oxygen atoms in total. The van der Waals surface area contributed by atoms with Crippen LogP contribution in [0.4, 0.5) is 0 Å². The van der Waals surface area contributed by atoms with Crippen molar-refractivity contribution in [1.82, 2.24) is 25.3 Å². The largest absolute Gasteiger partial charge is 0.425 e. The number of nitrogens with zero attached hydrogens (tertiary/aromatic N) is 5. The number of carbonyl (C=O) groups is 1. The van der Waals surface area contributed by atoms with E-state index in [1.54, 1.807) is 13.0 Å². The van der Waals surface area contributed by atoms with E-state index in [1.165, 1.54) is 12.4 Å². The van der Waals surface area contributed by atoms with Crippen LogP contribution in [0, 0.1) is 12.8 Å². The van der Waals surface area contributed by atoms with Crippen LogP contribution in [-0.4, -0.2) is 57.5 Å². The normalized spacial score (nSPS) is 27.1. The van der Waals surface area contributed by atoms with Crippen molar-refractivity contribution in [1.29, 1.82) is 0 Å². The summed E-state index contributed by atoms with van der Waals surface area (Å²) in [4.78, 5) is 14.4. The number of fused-ring (bicyclic) bond motifs is 1. The van der Waals surface area contributed by atoms with Crippen molar-refractivity contribution in [2.45, 2.75) is 12.3 Å². The number of hydrogen-bond donors (Lipinski definition) is 0. The van der Waals surface area contributed by atoms with E-state index in [1.807, 2.05) is 4.90 Å². The molecular weight excluding hydrogens is 286 g/mol. The maximum absolute atomic E-state index is 12.6. The van der Waals surface area contributed by atoms with Gasteiger partial charge in [-0.2, -0.15) is 10.2 Å². The van der Waals surface area contributed by atoms with Gasteiger partial charge in [-0.3, -0.25) is 4.79 Å². The molecule has 2 aliphatic rings. The quantitative estimate of drug-likeness (QED) is 0.782. The molecule has 22 heavy (non-hydrogen) atoms. The van der Waals surface area contributed by atoms with Gasteiger partial charge in [0, 0.05) is 25.9 Å². The van der Waals surface area contributed by atoms with E-state index in [-0.39, 0.29) is 11.8 Å². The lowest BCUT2D eigenvalue weighted by atomic mass is 9.81. The molecule has 0 aliphatic carbocycles. The molecule has 8 heteroatoms. The molecule has 0 spiro atoms. The van der Waals surface area contributed by atoms with Crippen LogP contribution < -0.4 is 0 Å². The minimum Gasteiger partial charge on any atom is -0.425 e. The van der Waals surface area contributed by atoms with Crippen molar-refractivity contribution < 1.29 is 13.9 Å². The van der Waals surface area contributed by atoms with Crippen LogP contribution >= 0.6 is 0 Å². The number of amides is 1. The lowest BCUT2D eigenvalue weighted by Gasteiger charge is -2.22. The average Bonchev–Trinajstić information content (AvgIpc) is 3.20. The highest BCUT2D eigenvalue weighted by molar-refractivity contribution is 5.94. The minimum absolute atomic E-state index is 0.0556. The molecule has 0 unspecified atom stereocenters. The van der Waals surface area contributed by atoms with Gasteiger partial charge in [-0.1, -0.05) is 0 Å². The Kier molecular flexibility index (Phi) is 2.93. The van der Waals surface area contributed by atoms with Gasteiger partial charge in [0.1, 0.15) is 0 Å². The Hall–Kier alpha value is -2.35. The molecule has 2 aromatic heterocycles. The summed E-state index contributed by atoms with van der Waals surface area (Å²) in [6, 6.07) is 1.67. The fraction of sp³-hybridized carbons (Fsp3) is 0.500. The van der Waals surface area contributed by atoms with Crippen molar-refractivity contribution in [2.24, 2.45) is 5.92 Å².